The molecule has 0 unspecified atom stereocenters. The number of Topliss-reactive ketones (excluding diaryl/α,β-unsaturated/α-hetero) is 1. The van der Waals surface area contributed by atoms with Crippen LogP contribution in [0.4, 0.5) is 5.69 Å². The summed E-state index contributed by atoms with van der Waals surface area (Å²) in [5, 5.41) is 2.85. The summed E-state index contributed by atoms with van der Waals surface area (Å²) in [6.45, 7) is 7.44. The molecule has 1 aromatic rings. The number of hydrogen-bond acceptors (Lipinski definition) is 4. The molecule has 0 saturated carbocycles. The average Bonchev–Trinajstić information content (AvgIpc) is 2.37. The third-order valence-electron chi connectivity index (χ3n) is 3.44. The fraction of sp³-hybridized carbons (Fsp3) is 0.500. The lowest BCUT2D eigenvalue weighted by Crippen LogP contribution is -2.48. The highest BCUT2D eigenvalue weighted by atomic mass is 16.5. The van der Waals surface area contributed by atoms with Crippen molar-refractivity contribution in [2.75, 3.05) is 25.0 Å². The highest BCUT2D eigenvalue weighted by Gasteiger charge is 2.23. The molecular weight excluding hydrogens is 268 g/mol. The van der Waals surface area contributed by atoms with Crippen molar-refractivity contribution >= 4 is 17.4 Å². The maximum Gasteiger partial charge on any atom is 0.238 e. The van der Waals surface area contributed by atoms with Crippen molar-refractivity contribution in [3.8, 4) is 0 Å². The summed E-state index contributed by atoms with van der Waals surface area (Å²) in [5.41, 5.74) is 1.35. The zero-order chi connectivity index (χ0) is 15.4. The molecule has 1 saturated heterocycles. The van der Waals surface area contributed by atoms with Gasteiger partial charge >= 0.3 is 0 Å². The first-order valence-electron chi connectivity index (χ1n) is 7.22. The summed E-state index contributed by atoms with van der Waals surface area (Å²) >= 11 is 0. The van der Waals surface area contributed by atoms with Gasteiger partial charge in [0.25, 0.3) is 0 Å². The number of carbonyl (C=O) groups excluding carboxylic acids is 2. The Morgan fingerprint density at radius 2 is 1.76 bits per heavy atom. The molecule has 1 aromatic carbocycles. The number of anilines is 1. The van der Waals surface area contributed by atoms with Gasteiger partial charge in [0.05, 0.1) is 18.8 Å². The van der Waals surface area contributed by atoms with Crippen LogP contribution in [-0.4, -0.2) is 48.4 Å². The predicted molar refractivity (Wildman–Crippen MR) is 81.5 cm³/mol. The maximum atomic E-state index is 12.1. The summed E-state index contributed by atoms with van der Waals surface area (Å²) in [7, 11) is 0. The van der Waals surface area contributed by atoms with Crippen LogP contribution in [0.15, 0.2) is 24.3 Å². The summed E-state index contributed by atoms with van der Waals surface area (Å²) in [4.78, 5) is 25.3. The molecule has 0 bridgehead atoms. The Morgan fingerprint density at radius 1 is 1.19 bits per heavy atom. The molecule has 2 rings (SSSR count). The Kier molecular flexibility index (Phi) is 5.09. The SMILES string of the molecule is CC(=O)c1ccc(NC(=O)CN2C[C@@H](C)O[C@@H](C)C2)cc1. The number of hydrogen-bond donors (Lipinski definition) is 1. The average molecular weight is 290 g/mol. The van der Waals surface area contributed by atoms with Gasteiger partial charge < -0.3 is 10.1 Å². The van der Waals surface area contributed by atoms with Gasteiger partial charge in [-0.1, -0.05) is 0 Å². The van der Waals surface area contributed by atoms with Gasteiger partial charge in [0, 0.05) is 24.3 Å². The van der Waals surface area contributed by atoms with Gasteiger partial charge in [-0.25, -0.2) is 0 Å². The number of ketones is 1. The number of ether oxygens (including phenoxy) is 1. The van der Waals surface area contributed by atoms with Crippen molar-refractivity contribution in [1.29, 1.82) is 0 Å². The lowest BCUT2D eigenvalue weighted by molar-refractivity contribution is -0.121. The largest absolute Gasteiger partial charge is 0.373 e. The van der Waals surface area contributed by atoms with E-state index in [0.29, 0.717) is 17.8 Å². The monoisotopic (exact) mass is 290 g/mol. The highest BCUT2D eigenvalue weighted by Crippen LogP contribution is 2.12. The number of nitrogens with one attached hydrogen (secondary N) is 1. The minimum absolute atomic E-state index is 0.0177. The fourth-order valence-electron chi connectivity index (χ4n) is 2.61. The Hall–Kier alpha value is -1.72. The molecule has 1 amide bonds. The molecule has 0 radical (unpaired) electrons. The molecule has 5 nitrogen and oxygen atoms in total. The van der Waals surface area contributed by atoms with Crippen molar-refractivity contribution in [1.82, 2.24) is 4.90 Å². The van der Waals surface area contributed by atoms with Gasteiger partial charge in [0.2, 0.25) is 5.91 Å². The zero-order valence-corrected chi connectivity index (χ0v) is 12.8. The van der Waals surface area contributed by atoms with Gasteiger partial charge in [-0.2, -0.15) is 0 Å². The van der Waals surface area contributed by atoms with Crippen LogP contribution in [0.5, 0.6) is 0 Å². The van der Waals surface area contributed by atoms with Gasteiger partial charge in [-0.05, 0) is 45.0 Å². The first-order chi connectivity index (χ1) is 9.94. The van der Waals surface area contributed by atoms with Gasteiger partial charge in [-0.15, -0.1) is 0 Å². The van der Waals surface area contributed by atoms with Crippen molar-refractivity contribution in [2.45, 2.75) is 33.0 Å². The Labute approximate surface area is 125 Å². The molecule has 0 aliphatic carbocycles. The number of rotatable bonds is 4. The first-order valence-corrected chi connectivity index (χ1v) is 7.22. The van der Waals surface area contributed by atoms with Crippen LogP contribution in [0.2, 0.25) is 0 Å². The van der Waals surface area contributed by atoms with E-state index in [9.17, 15) is 9.59 Å². The van der Waals surface area contributed by atoms with Gasteiger partial charge in [0.1, 0.15) is 0 Å². The molecular formula is C16H22N2O3. The van der Waals surface area contributed by atoms with E-state index in [1.807, 2.05) is 13.8 Å². The maximum absolute atomic E-state index is 12.1. The second-order valence-corrected chi connectivity index (χ2v) is 5.63. The van der Waals surface area contributed by atoms with Crippen LogP contribution in [0, 0.1) is 0 Å². The van der Waals surface area contributed by atoms with Crippen LogP contribution < -0.4 is 5.32 Å². The van der Waals surface area contributed by atoms with Crippen LogP contribution in [-0.2, 0) is 9.53 Å². The summed E-state index contributed by atoms with van der Waals surface area (Å²) in [5.74, 6) is -0.0314. The van der Waals surface area contributed by atoms with Crippen LogP contribution in [0.1, 0.15) is 31.1 Å². The predicted octanol–water partition coefficient (Wildman–Crippen LogP) is 1.94. The summed E-state index contributed by atoms with van der Waals surface area (Å²) in [6.07, 6.45) is 0.299. The number of benzene rings is 1. The van der Waals surface area contributed by atoms with E-state index in [-0.39, 0.29) is 23.9 Å². The summed E-state index contributed by atoms with van der Waals surface area (Å²) < 4.78 is 5.65. The molecule has 1 fully saturated rings. The molecule has 1 N–H and O–H groups in total. The van der Waals surface area contributed by atoms with E-state index < -0.39 is 0 Å². The van der Waals surface area contributed by atoms with Crippen LogP contribution in [0.3, 0.4) is 0 Å². The first kappa shape index (κ1) is 15.7. The number of nitrogens with zero attached hydrogens (tertiary/aromatic N) is 1. The number of carbonyl (C=O) groups is 2. The zero-order valence-electron chi connectivity index (χ0n) is 12.8. The minimum Gasteiger partial charge on any atom is -0.373 e. The van der Waals surface area contributed by atoms with E-state index in [0.717, 1.165) is 13.1 Å². The lowest BCUT2D eigenvalue weighted by atomic mass is 10.1. The smallest absolute Gasteiger partial charge is 0.238 e. The Bertz CT molecular complexity index is 503. The van der Waals surface area contributed by atoms with E-state index >= 15 is 0 Å². The molecule has 114 valence electrons. The Balaban J connectivity index is 1.88. The molecule has 1 aliphatic heterocycles. The molecule has 0 aromatic heterocycles. The van der Waals surface area contributed by atoms with Crippen molar-refractivity contribution in [3.63, 3.8) is 0 Å². The molecule has 1 heterocycles. The normalized spacial score (nSPS) is 22.8. The molecule has 21 heavy (non-hydrogen) atoms. The molecule has 0 spiro atoms. The summed E-state index contributed by atoms with van der Waals surface area (Å²) in [6, 6.07) is 6.94. The second kappa shape index (κ2) is 6.83. The highest BCUT2D eigenvalue weighted by molar-refractivity contribution is 5.96. The van der Waals surface area contributed by atoms with Gasteiger partial charge in [-0.3, -0.25) is 14.5 Å². The Morgan fingerprint density at radius 3 is 2.29 bits per heavy atom. The van der Waals surface area contributed by atoms with Crippen LogP contribution >= 0.6 is 0 Å². The standard InChI is InChI=1S/C16H22N2O3/c1-11-8-18(9-12(2)21-11)10-16(20)17-15-6-4-14(5-7-15)13(3)19/h4-7,11-12H,8-10H2,1-3H3,(H,17,20)/t11-,12+. The minimum atomic E-state index is -0.0492. The molecule has 2 atom stereocenters. The molecule has 5 heteroatoms. The third-order valence-corrected chi connectivity index (χ3v) is 3.44. The number of morpholine rings is 1. The van der Waals surface area contributed by atoms with Crippen LogP contribution in [0.25, 0.3) is 0 Å². The van der Waals surface area contributed by atoms with E-state index in [1.54, 1.807) is 24.3 Å². The fourth-order valence-corrected chi connectivity index (χ4v) is 2.61. The van der Waals surface area contributed by atoms with Gasteiger partial charge in [0.15, 0.2) is 5.78 Å². The van der Waals surface area contributed by atoms with E-state index in [4.69, 9.17) is 4.74 Å². The topological polar surface area (TPSA) is 58.6 Å². The lowest BCUT2D eigenvalue weighted by Gasteiger charge is -2.34. The second-order valence-electron chi connectivity index (χ2n) is 5.63. The third kappa shape index (κ3) is 4.65. The molecule has 1 aliphatic rings. The van der Waals surface area contributed by atoms with E-state index in [2.05, 4.69) is 10.2 Å². The van der Waals surface area contributed by atoms with Crippen molar-refractivity contribution < 1.29 is 14.3 Å². The number of amides is 1. The quantitative estimate of drug-likeness (QED) is 0.861. The van der Waals surface area contributed by atoms with E-state index in [1.165, 1.54) is 6.92 Å². The van der Waals surface area contributed by atoms with Crippen molar-refractivity contribution in [3.05, 3.63) is 29.8 Å². The van der Waals surface area contributed by atoms with Crippen molar-refractivity contribution in [2.24, 2.45) is 0 Å².